The standard InChI is InChI=1S/C29H43N5O2/c1-34-16-8-13-24(34)28(35)33-26(25(21-9-4-2-5-10-21)22-11-6-3-7-12-22)29(36)32-19-20-17-23-14-15-30-27(23)31-18-20/h14-15,17-18,21-22,24-26H,2-13,16,19H2,1H3,(H,30,31)(H,32,36)(H,33,35). The molecule has 3 fully saturated rings. The van der Waals surface area contributed by atoms with Crippen LogP contribution < -0.4 is 10.6 Å². The van der Waals surface area contributed by atoms with Crippen molar-refractivity contribution in [3.05, 3.63) is 30.1 Å². The summed E-state index contributed by atoms with van der Waals surface area (Å²) >= 11 is 0. The molecule has 3 aliphatic rings. The highest BCUT2D eigenvalue weighted by atomic mass is 16.2. The Balaban J connectivity index is 1.37. The fourth-order valence-electron chi connectivity index (χ4n) is 7.18. The van der Waals surface area contributed by atoms with E-state index in [0.717, 1.165) is 36.0 Å². The van der Waals surface area contributed by atoms with Crippen molar-refractivity contribution in [2.75, 3.05) is 13.6 Å². The Bertz CT molecular complexity index is 1010. The van der Waals surface area contributed by atoms with Crippen molar-refractivity contribution in [2.45, 2.75) is 95.7 Å². The average Bonchev–Trinajstić information content (AvgIpc) is 3.56. The van der Waals surface area contributed by atoms with Crippen LogP contribution in [-0.2, 0) is 16.1 Å². The van der Waals surface area contributed by atoms with Crippen LogP contribution >= 0.6 is 0 Å². The zero-order valence-electron chi connectivity index (χ0n) is 21.8. The van der Waals surface area contributed by atoms with Gasteiger partial charge < -0.3 is 15.6 Å². The lowest BCUT2D eigenvalue weighted by Gasteiger charge is -2.42. The molecule has 1 aliphatic heterocycles. The molecule has 2 aromatic rings. The zero-order chi connectivity index (χ0) is 24.9. The fourth-order valence-corrected chi connectivity index (χ4v) is 7.18. The Labute approximate surface area is 215 Å². The molecule has 36 heavy (non-hydrogen) atoms. The summed E-state index contributed by atoms with van der Waals surface area (Å²) in [5, 5.41) is 7.58. The molecule has 196 valence electrons. The molecule has 3 N–H and O–H groups in total. The summed E-state index contributed by atoms with van der Waals surface area (Å²) in [5.41, 5.74) is 1.83. The Morgan fingerprint density at radius 1 is 1.03 bits per heavy atom. The van der Waals surface area contributed by atoms with Gasteiger partial charge in [0.25, 0.3) is 0 Å². The smallest absolute Gasteiger partial charge is 0.243 e. The molecule has 5 rings (SSSR count). The third-order valence-electron chi connectivity index (χ3n) is 9.10. The Hall–Kier alpha value is -2.41. The summed E-state index contributed by atoms with van der Waals surface area (Å²) in [6.07, 6.45) is 17.9. The number of rotatable bonds is 8. The number of aromatic amines is 1. The molecular formula is C29H43N5O2. The fraction of sp³-hybridized carbons (Fsp3) is 0.690. The molecule has 2 saturated carbocycles. The first-order valence-corrected chi connectivity index (χ1v) is 14.3. The van der Waals surface area contributed by atoms with Gasteiger partial charge in [-0.25, -0.2) is 4.98 Å². The predicted molar refractivity (Wildman–Crippen MR) is 142 cm³/mol. The first-order chi connectivity index (χ1) is 17.6. The van der Waals surface area contributed by atoms with Gasteiger partial charge in [-0.15, -0.1) is 0 Å². The van der Waals surface area contributed by atoms with Crippen LogP contribution in [0.2, 0.25) is 0 Å². The van der Waals surface area contributed by atoms with Crippen molar-refractivity contribution in [1.29, 1.82) is 0 Å². The first-order valence-electron chi connectivity index (χ1n) is 14.3. The van der Waals surface area contributed by atoms with Crippen molar-refractivity contribution in [3.63, 3.8) is 0 Å². The van der Waals surface area contributed by atoms with Gasteiger partial charge in [0.15, 0.2) is 0 Å². The van der Waals surface area contributed by atoms with Crippen LogP contribution in [0.25, 0.3) is 11.0 Å². The summed E-state index contributed by atoms with van der Waals surface area (Å²) in [6.45, 7) is 1.36. The number of H-pyrrole nitrogens is 1. The molecule has 2 amide bonds. The molecule has 7 nitrogen and oxygen atoms in total. The minimum absolute atomic E-state index is 0.0284. The second-order valence-corrected chi connectivity index (χ2v) is 11.5. The number of amides is 2. The molecule has 0 spiro atoms. The van der Waals surface area contributed by atoms with Gasteiger partial charge in [-0.05, 0) is 61.9 Å². The number of nitrogens with zero attached hydrogens (tertiary/aromatic N) is 2. The van der Waals surface area contributed by atoms with Crippen LogP contribution in [0.5, 0.6) is 0 Å². The van der Waals surface area contributed by atoms with Crippen molar-refractivity contribution < 1.29 is 9.59 Å². The van der Waals surface area contributed by atoms with Crippen LogP contribution in [0, 0.1) is 17.8 Å². The van der Waals surface area contributed by atoms with Gasteiger partial charge in [0.1, 0.15) is 11.7 Å². The van der Waals surface area contributed by atoms with Gasteiger partial charge in [-0.2, -0.15) is 0 Å². The maximum atomic E-state index is 13.9. The lowest BCUT2D eigenvalue weighted by molar-refractivity contribution is -0.134. The molecule has 1 saturated heterocycles. The van der Waals surface area contributed by atoms with Crippen molar-refractivity contribution >= 4 is 22.8 Å². The highest BCUT2D eigenvalue weighted by molar-refractivity contribution is 5.90. The quantitative estimate of drug-likeness (QED) is 0.504. The summed E-state index contributed by atoms with van der Waals surface area (Å²) in [7, 11) is 2.02. The number of pyridine rings is 1. The van der Waals surface area contributed by atoms with Crippen LogP contribution in [0.15, 0.2) is 24.5 Å². The average molecular weight is 494 g/mol. The summed E-state index contributed by atoms with van der Waals surface area (Å²) in [6, 6.07) is 3.47. The highest BCUT2D eigenvalue weighted by Gasteiger charge is 2.42. The number of hydrogen-bond donors (Lipinski definition) is 3. The van der Waals surface area contributed by atoms with Crippen LogP contribution in [0.1, 0.15) is 82.6 Å². The maximum absolute atomic E-state index is 13.9. The zero-order valence-corrected chi connectivity index (χ0v) is 21.8. The molecule has 0 radical (unpaired) electrons. The van der Waals surface area contributed by atoms with E-state index in [9.17, 15) is 9.59 Å². The minimum Gasteiger partial charge on any atom is -0.350 e. The van der Waals surface area contributed by atoms with E-state index in [0.29, 0.717) is 18.4 Å². The van der Waals surface area contributed by atoms with E-state index in [1.54, 1.807) is 0 Å². The van der Waals surface area contributed by atoms with Crippen molar-refractivity contribution in [3.8, 4) is 0 Å². The summed E-state index contributed by atoms with van der Waals surface area (Å²) in [4.78, 5) is 37.1. The van der Waals surface area contributed by atoms with E-state index >= 15 is 0 Å². The van der Waals surface area contributed by atoms with Crippen molar-refractivity contribution in [2.24, 2.45) is 17.8 Å². The Morgan fingerprint density at radius 3 is 2.36 bits per heavy atom. The van der Waals surface area contributed by atoms with Gasteiger partial charge in [-0.3, -0.25) is 14.5 Å². The molecule has 2 aromatic heterocycles. The number of fused-ring (bicyclic) bond motifs is 1. The third kappa shape index (κ3) is 5.77. The number of nitrogens with one attached hydrogen (secondary N) is 3. The summed E-state index contributed by atoms with van der Waals surface area (Å²) < 4.78 is 0. The van der Waals surface area contributed by atoms with E-state index < -0.39 is 6.04 Å². The SMILES string of the molecule is CN1CCCC1C(=O)NC(C(=O)NCc1cnc2[nH]ccc2c1)C(C1CCCCC1)C1CCCCC1. The molecule has 2 aliphatic carbocycles. The number of hydrogen-bond acceptors (Lipinski definition) is 4. The first kappa shape index (κ1) is 25.2. The number of aromatic nitrogens is 2. The van der Waals surface area contributed by atoms with E-state index in [4.69, 9.17) is 0 Å². The largest absolute Gasteiger partial charge is 0.350 e. The maximum Gasteiger partial charge on any atom is 0.243 e. The van der Waals surface area contributed by atoms with E-state index in [2.05, 4.69) is 31.6 Å². The summed E-state index contributed by atoms with van der Waals surface area (Å²) in [5.74, 6) is 1.24. The lowest BCUT2D eigenvalue weighted by Crippen LogP contribution is -2.57. The highest BCUT2D eigenvalue weighted by Crippen LogP contribution is 2.42. The number of likely N-dealkylation sites (tertiary alicyclic amines) is 1. The van der Waals surface area contributed by atoms with Crippen LogP contribution in [0.3, 0.4) is 0 Å². The second-order valence-electron chi connectivity index (χ2n) is 11.5. The van der Waals surface area contributed by atoms with Crippen LogP contribution in [-0.4, -0.2) is 52.4 Å². The topological polar surface area (TPSA) is 90.1 Å². The molecular weight excluding hydrogens is 450 g/mol. The molecule has 7 heteroatoms. The van der Waals surface area contributed by atoms with Crippen LogP contribution in [0.4, 0.5) is 0 Å². The minimum atomic E-state index is -0.471. The molecule has 3 heterocycles. The van der Waals surface area contributed by atoms with E-state index in [1.165, 1.54) is 64.2 Å². The number of carbonyl (C=O) groups is 2. The van der Waals surface area contributed by atoms with Gasteiger partial charge in [-0.1, -0.05) is 64.2 Å². The molecule has 2 unspecified atom stereocenters. The van der Waals surface area contributed by atoms with Gasteiger partial charge in [0.2, 0.25) is 11.8 Å². The van der Waals surface area contributed by atoms with Gasteiger partial charge in [0, 0.05) is 24.3 Å². The van der Waals surface area contributed by atoms with E-state index in [1.807, 2.05) is 25.5 Å². The molecule has 0 aromatic carbocycles. The van der Waals surface area contributed by atoms with Gasteiger partial charge >= 0.3 is 0 Å². The normalized spacial score (nSPS) is 23.2. The molecule has 2 atom stereocenters. The third-order valence-corrected chi connectivity index (χ3v) is 9.10. The lowest BCUT2D eigenvalue weighted by atomic mass is 9.66. The predicted octanol–water partition coefficient (Wildman–Crippen LogP) is 4.53. The van der Waals surface area contributed by atoms with Crippen molar-refractivity contribution in [1.82, 2.24) is 25.5 Å². The Morgan fingerprint density at radius 2 is 1.72 bits per heavy atom. The van der Waals surface area contributed by atoms with E-state index in [-0.39, 0.29) is 23.8 Å². The second kappa shape index (κ2) is 11.8. The monoisotopic (exact) mass is 493 g/mol. The molecule has 0 bridgehead atoms. The van der Waals surface area contributed by atoms with Gasteiger partial charge in [0.05, 0.1) is 6.04 Å². The Kier molecular flexibility index (Phi) is 8.25. The number of likely N-dealkylation sites (N-methyl/N-ethyl adjacent to an activating group) is 1. The number of carbonyl (C=O) groups excluding carboxylic acids is 2.